The molecule has 1 unspecified atom stereocenters. The molecular weight excluding hydrogens is 312 g/mol. The summed E-state index contributed by atoms with van der Waals surface area (Å²) >= 11 is 0. The van der Waals surface area contributed by atoms with Crippen LogP contribution >= 0.6 is 0 Å². The van der Waals surface area contributed by atoms with Crippen LogP contribution in [0.5, 0.6) is 0 Å². The summed E-state index contributed by atoms with van der Waals surface area (Å²) in [5.41, 5.74) is 2.19. The first-order valence-electron chi connectivity index (χ1n) is 8.27. The minimum Gasteiger partial charge on any atom is -0.476 e. The molecule has 1 aliphatic carbocycles. The van der Waals surface area contributed by atoms with Crippen molar-refractivity contribution in [3.8, 4) is 0 Å². The maximum atomic E-state index is 11.5. The standard InChI is InChI=1S/C16H26N2O4Si/c1-23(2,3)7-6-22-11-18-13-9-16(4-5-21-10-16)8-12(13)14(17-18)15(19)20/h4-11H2,1-3H3,(H,19,20). The molecular formula is C16H26N2O4Si. The van der Waals surface area contributed by atoms with E-state index in [0.29, 0.717) is 13.3 Å². The van der Waals surface area contributed by atoms with E-state index in [1.165, 1.54) is 0 Å². The molecule has 128 valence electrons. The Morgan fingerprint density at radius 1 is 1.43 bits per heavy atom. The van der Waals surface area contributed by atoms with Crippen LogP contribution in [0.25, 0.3) is 0 Å². The van der Waals surface area contributed by atoms with E-state index in [1.807, 2.05) is 0 Å². The van der Waals surface area contributed by atoms with Crippen molar-refractivity contribution in [3.05, 3.63) is 17.0 Å². The normalized spacial score (nSPS) is 23.6. The van der Waals surface area contributed by atoms with E-state index < -0.39 is 14.0 Å². The number of carbonyl (C=O) groups is 1. The Labute approximate surface area is 137 Å². The molecule has 2 heterocycles. The number of carboxylic acid groups (broad SMARTS) is 1. The van der Waals surface area contributed by atoms with Crippen LogP contribution in [0.2, 0.25) is 25.7 Å². The number of aromatic nitrogens is 2. The number of fused-ring (bicyclic) bond motifs is 1. The number of carboxylic acids is 1. The van der Waals surface area contributed by atoms with Gasteiger partial charge in [-0.05, 0) is 25.3 Å². The maximum Gasteiger partial charge on any atom is 0.356 e. The van der Waals surface area contributed by atoms with Crippen molar-refractivity contribution >= 4 is 14.0 Å². The van der Waals surface area contributed by atoms with Crippen LogP contribution in [0.4, 0.5) is 0 Å². The fraction of sp³-hybridized carbons (Fsp3) is 0.750. The van der Waals surface area contributed by atoms with Crippen LogP contribution < -0.4 is 0 Å². The first kappa shape index (κ1) is 16.7. The van der Waals surface area contributed by atoms with Gasteiger partial charge in [0.2, 0.25) is 0 Å². The second kappa shape index (κ2) is 6.03. The summed E-state index contributed by atoms with van der Waals surface area (Å²) in [4.78, 5) is 11.5. The number of ether oxygens (including phenoxy) is 2. The molecule has 1 aliphatic heterocycles. The Morgan fingerprint density at radius 3 is 2.83 bits per heavy atom. The highest BCUT2D eigenvalue weighted by molar-refractivity contribution is 6.76. The van der Waals surface area contributed by atoms with Gasteiger partial charge in [0.15, 0.2) is 5.69 Å². The number of nitrogens with zero attached hydrogens (tertiary/aromatic N) is 2. The summed E-state index contributed by atoms with van der Waals surface area (Å²) in [5, 5.41) is 13.7. The largest absolute Gasteiger partial charge is 0.476 e. The quantitative estimate of drug-likeness (QED) is 0.637. The van der Waals surface area contributed by atoms with E-state index in [0.717, 1.165) is 49.8 Å². The van der Waals surface area contributed by atoms with Crippen molar-refractivity contribution in [3.63, 3.8) is 0 Å². The average Bonchev–Trinajstić information content (AvgIpc) is 3.11. The zero-order valence-electron chi connectivity index (χ0n) is 14.2. The fourth-order valence-electron chi connectivity index (χ4n) is 3.45. The summed E-state index contributed by atoms with van der Waals surface area (Å²) in [6.07, 6.45) is 2.61. The third-order valence-corrected chi connectivity index (χ3v) is 6.56. The van der Waals surface area contributed by atoms with Gasteiger partial charge < -0.3 is 14.6 Å². The van der Waals surface area contributed by atoms with E-state index in [2.05, 4.69) is 24.7 Å². The average molecular weight is 338 g/mol. The van der Waals surface area contributed by atoms with Gasteiger partial charge in [0.25, 0.3) is 0 Å². The van der Waals surface area contributed by atoms with E-state index in [1.54, 1.807) is 4.68 Å². The SMILES string of the molecule is C[Si](C)(C)CCOCn1nc(C(=O)O)c2c1CC1(CCOC1)C2. The van der Waals surface area contributed by atoms with Crippen molar-refractivity contribution in [2.45, 2.75) is 51.7 Å². The van der Waals surface area contributed by atoms with Crippen LogP contribution in [-0.2, 0) is 29.0 Å². The van der Waals surface area contributed by atoms with Gasteiger partial charge in [0, 0.05) is 38.0 Å². The number of rotatable bonds is 6. The summed E-state index contributed by atoms with van der Waals surface area (Å²) in [6.45, 7) is 9.49. The molecule has 7 heteroatoms. The van der Waals surface area contributed by atoms with Crippen molar-refractivity contribution in [1.82, 2.24) is 9.78 Å². The molecule has 0 bridgehead atoms. The monoisotopic (exact) mass is 338 g/mol. The Bertz CT molecular complexity index is 600. The topological polar surface area (TPSA) is 73.6 Å². The fourth-order valence-corrected chi connectivity index (χ4v) is 4.20. The maximum absolute atomic E-state index is 11.5. The van der Waals surface area contributed by atoms with Gasteiger partial charge in [-0.15, -0.1) is 0 Å². The van der Waals surface area contributed by atoms with Gasteiger partial charge in [0.05, 0.1) is 6.61 Å². The van der Waals surface area contributed by atoms with Gasteiger partial charge in [-0.2, -0.15) is 5.10 Å². The lowest BCUT2D eigenvalue weighted by Gasteiger charge is -2.20. The van der Waals surface area contributed by atoms with Crippen LogP contribution in [0, 0.1) is 5.41 Å². The zero-order chi connectivity index (χ0) is 16.7. The predicted octanol–water partition coefficient (Wildman–Crippen LogP) is 2.40. The van der Waals surface area contributed by atoms with Crippen molar-refractivity contribution in [2.24, 2.45) is 5.41 Å². The molecule has 0 aromatic carbocycles. The summed E-state index contributed by atoms with van der Waals surface area (Å²) in [6, 6.07) is 1.10. The lowest BCUT2D eigenvalue weighted by atomic mass is 9.84. The highest BCUT2D eigenvalue weighted by Gasteiger charge is 2.44. The third kappa shape index (κ3) is 3.51. The predicted molar refractivity (Wildman–Crippen MR) is 88.6 cm³/mol. The number of hydrogen-bond acceptors (Lipinski definition) is 4. The van der Waals surface area contributed by atoms with Gasteiger partial charge in [-0.3, -0.25) is 0 Å². The van der Waals surface area contributed by atoms with E-state index in [-0.39, 0.29) is 11.1 Å². The van der Waals surface area contributed by atoms with Crippen LogP contribution in [-0.4, -0.2) is 48.8 Å². The molecule has 1 atom stereocenters. The van der Waals surface area contributed by atoms with Crippen LogP contribution in [0.3, 0.4) is 0 Å². The Morgan fingerprint density at radius 2 is 2.22 bits per heavy atom. The molecule has 1 spiro atoms. The lowest BCUT2D eigenvalue weighted by molar-refractivity contribution is 0.0661. The van der Waals surface area contributed by atoms with Gasteiger partial charge >= 0.3 is 5.97 Å². The molecule has 1 saturated heterocycles. The third-order valence-electron chi connectivity index (χ3n) is 4.86. The Kier molecular flexibility index (Phi) is 4.37. The summed E-state index contributed by atoms with van der Waals surface area (Å²) in [7, 11) is -1.12. The Hall–Kier alpha value is -1.18. The van der Waals surface area contributed by atoms with Gasteiger partial charge in [0.1, 0.15) is 6.73 Å². The highest BCUT2D eigenvalue weighted by atomic mass is 28.3. The second-order valence-corrected chi connectivity index (χ2v) is 13.7. The number of hydrogen-bond donors (Lipinski definition) is 1. The first-order valence-corrected chi connectivity index (χ1v) is 12.0. The van der Waals surface area contributed by atoms with Crippen molar-refractivity contribution in [2.75, 3.05) is 19.8 Å². The Balaban J connectivity index is 1.72. The van der Waals surface area contributed by atoms with E-state index in [4.69, 9.17) is 9.47 Å². The second-order valence-electron chi connectivity index (χ2n) is 8.08. The van der Waals surface area contributed by atoms with Crippen LogP contribution in [0.1, 0.15) is 28.2 Å². The van der Waals surface area contributed by atoms with Crippen molar-refractivity contribution in [1.29, 1.82) is 0 Å². The zero-order valence-corrected chi connectivity index (χ0v) is 15.2. The smallest absolute Gasteiger partial charge is 0.356 e. The van der Waals surface area contributed by atoms with Crippen LogP contribution in [0.15, 0.2) is 0 Å². The molecule has 0 amide bonds. The molecule has 1 aromatic rings. The minimum absolute atomic E-state index is 0.0812. The summed E-state index contributed by atoms with van der Waals surface area (Å²) in [5.74, 6) is -0.946. The molecule has 1 N–H and O–H groups in total. The highest BCUT2D eigenvalue weighted by Crippen LogP contribution is 2.44. The number of aromatic carboxylic acids is 1. The van der Waals surface area contributed by atoms with E-state index >= 15 is 0 Å². The van der Waals surface area contributed by atoms with E-state index in [9.17, 15) is 9.90 Å². The molecule has 1 fully saturated rings. The molecule has 1 aromatic heterocycles. The molecule has 6 nitrogen and oxygen atoms in total. The minimum atomic E-state index is -1.12. The molecule has 0 radical (unpaired) electrons. The summed E-state index contributed by atoms with van der Waals surface area (Å²) < 4.78 is 13.1. The molecule has 2 aliphatic rings. The molecule has 23 heavy (non-hydrogen) atoms. The van der Waals surface area contributed by atoms with Gasteiger partial charge in [-0.1, -0.05) is 19.6 Å². The van der Waals surface area contributed by atoms with Crippen molar-refractivity contribution < 1.29 is 19.4 Å². The first-order chi connectivity index (χ1) is 10.8. The molecule has 3 rings (SSSR count). The lowest BCUT2D eigenvalue weighted by Crippen LogP contribution is -2.24. The molecule has 0 saturated carbocycles. The van der Waals surface area contributed by atoms with Gasteiger partial charge in [-0.25, -0.2) is 9.48 Å².